The Bertz CT molecular complexity index is 531. The maximum Gasteiger partial charge on any atom is 0.263 e. The van der Waals surface area contributed by atoms with Gasteiger partial charge in [0.25, 0.3) is 5.91 Å². The fourth-order valence-electron chi connectivity index (χ4n) is 2.42. The molecule has 1 unspecified atom stereocenters. The normalized spacial score (nSPS) is 19.0. The fourth-order valence-corrected chi connectivity index (χ4v) is 3.57. The standard InChI is InChI=1S/C13H18N4OS/c1-8-4-3-5-17(7-8)13-9(6-14)10(15)11(19-13)12(18)16-2/h8H,3-5,7,15H2,1-2H3,(H,16,18). The monoisotopic (exact) mass is 278 g/mol. The number of nitrogens with two attached hydrogens (primary N) is 1. The van der Waals surface area contributed by atoms with Gasteiger partial charge in [0.05, 0.1) is 5.69 Å². The van der Waals surface area contributed by atoms with Crippen LogP contribution in [0.5, 0.6) is 0 Å². The number of nitrogen functional groups attached to an aromatic ring is 1. The highest BCUT2D eigenvalue weighted by Gasteiger charge is 2.26. The van der Waals surface area contributed by atoms with Gasteiger partial charge in [-0.3, -0.25) is 4.79 Å². The number of thiophene rings is 1. The molecular weight excluding hydrogens is 260 g/mol. The molecule has 102 valence electrons. The average molecular weight is 278 g/mol. The molecule has 0 radical (unpaired) electrons. The van der Waals surface area contributed by atoms with Crippen molar-refractivity contribution in [3.8, 4) is 6.07 Å². The molecule has 1 aromatic heterocycles. The lowest BCUT2D eigenvalue weighted by molar-refractivity contribution is 0.0968. The van der Waals surface area contributed by atoms with Gasteiger partial charge in [0.2, 0.25) is 0 Å². The molecule has 0 bridgehead atoms. The largest absolute Gasteiger partial charge is 0.396 e. The molecule has 3 N–H and O–H groups in total. The second-order valence-electron chi connectivity index (χ2n) is 4.91. The molecule has 1 atom stereocenters. The van der Waals surface area contributed by atoms with Crippen LogP contribution in [0.2, 0.25) is 0 Å². The molecule has 2 rings (SSSR count). The van der Waals surface area contributed by atoms with Gasteiger partial charge in [-0.25, -0.2) is 0 Å². The number of hydrogen-bond donors (Lipinski definition) is 2. The van der Waals surface area contributed by atoms with Gasteiger partial charge in [-0.15, -0.1) is 11.3 Å². The predicted octanol–water partition coefficient (Wildman–Crippen LogP) is 1.80. The van der Waals surface area contributed by atoms with E-state index in [1.54, 1.807) is 7.05 Å². The van der Waals surface area contributed by atoms with E-state index in [0.717, 1.165) is 24.5 Å². The van der Waals surface area contributed by atoms with Crippen molar-refractivity contribution in [1.29, 1.82) is 5.26 Å². The molecule has 1 aliphatic heterocycles. The van der Waals surface area contributed by atoms with Crippen LogP contribution in [-0.2, 0) is 0 Å². The Hall–Kier alpha value is -1.74. The first kappa shape index (κ1) is 13.7. The topological polar surface area (TPSA) is 82.2 Å². The Labute approximate surface area is 117 Å². The third kappa shape index (κ3) is 2.51. The molecule has 0 saturated carbocycles. The lowest BCUT2D eigenvalue weighted by Crippen LogP contribution is -2.34. The average Bonchev–Trinajstić information content (AvgIpc) is 2.75. The van der Waals surface area contributed by atoms with Gasteiger partial charge in [-0.2, -0.15) is 5.26 Å². The van der Waals surface area contributed by atoms with Crippen molar-refractivity contribution >= 4 is 27.9 Å². The SMILES string of the molecule is CNC(=O)c1sc(N2CCCC(C)C2)c(C#N)c1N. The summed E-state index contributed by atoms with van der Waals surface area (Å²) in [5.74, 6) is 0.377. The Kier molecular flexibility index (Phi) is 3.96. The van der Waals surface area contributed by atoms with Gasteiger partial charge in [0.15, 0.2) is 0 Å². The second kappa shape index (κ2) is 5.49. The van der Waals surface area contributed by atoms with Crippen molar-refractivity contribution in [1.82, 2.24) is 5.32 Å². The van der Waals surface area contributed by atoms with Crippen LogP contribution in [0.4, 0.5) is 10.7 Å². The highest BCUT2D eigenvalue weighted by Crippen LogP contribution is 2.39. The van der Waals surface area contributed by atoms with Gasteiger partial charge in [0, 0.05) is 20.1 Å². The predicted molar refractivity (Wildman–Crippen MR) is 77.4 cm³/mol. The van der Waals surface area contributed by atoms with Gasteiger partial charge >= 0.3 is 0 Å². The number of nitrogens with zero attached hydrogens (tertiary/aromatic N) is 2. The number of nitrogens with one attached hydrogen (secondary N) is 1. The zero-order valence-electron chi connectivity index (χ0n) is 11.2. The third-order valence-electron chi connectivity index (χ3n) is 3.42. The Morgan fingerprint density at radius 3 is 2.95 bits per heavy atom. The molecule has 0 aliphatic carbocycles. The smallest absolute Gasteiger partial charge is 0.263 e. The van der Waals surface area contributed by atoms with Gasteiger partial charge in [0.1, 0.15) is 21.5 Å². The zero-order valence-corrected chi connectivity index (χ0v) is 12.0. The van der Waals surface area contributed by atoms with E-state index in [0.29, 0.717) is 22.0 Å². The molecule has 5 nitrogen and oxygen atoms in total. The summed E-state index contributed by atoms with van der Waals surface area (Å²) in [6.07, 6.45) is 2.32. The number of carbonyl (C=O) groups excluding carboxylic acids is 1. The van der Waals surface area contributed by atoms with Gasteiger partial charge in [-0.1, -0.05) is 6.92 Å². The van der Waals surface area contributed by atoms with E-state index in [4.69, 9.17) is 5.73 Å². The summed E-state index contributed by atoms with van der Waals surface area (Å²) in [4.78, 5) is 14.4. The summed E-state index contributed by atoms with van der Waals surface area (Å²) in [6.45, 7) is 4.04. The van der Waals surface area contributed by atoms with Gasteiger partial charge in [-0.05, 0) is 18.8 Å². The van der Waals surface area contributed by atoms with Crippen molar-refractivity contribution in [2.24, 2.45) is 5.92 Å². The molecule has 1 saturated heterocycles. The van der Waals surface area contributed by atoms with Crippen LogP contribution in [0.3, 0.4) is 0 Å². The molecule has 1 amide bonds. The van der Waals surface area contributed by atoms with Crippen LogP contribution in [0.15, 0.2) is 0 Å². The van der Waals surface area contributed by atoms with Crippen molar-refractivity contribution in [3.05, 3.63) is 10.4 Å². The minimum atomic E-state index is -0.227. The molecule has 0 aromatic carbocycles. The molecular formula is C13H18N4OS. The Morgan fingerprint density at radius 2 is 2.37 bits per heavy atom. The van der Waals surface area contributed by atoms with Crippen molar-refractivity contribution < 1.29 is 4.79 Å². The Morgan fingerprint density at radius 1 is 1.63 bits per heavy atom. The van der Waals surface area contributed by atoms with Crippen LogP contribution < -0.4 is 16.0 Å². The first-order valence-electron chi connectivity index (χ1n) is 6.37. The maximum absolute atomic E-state index is 11.8. The first-order valence-corrected chi connectivity index (χ1v) is 7.19. The van der Waals surface area contributed by atoms with Crippen LogP contribution in [0.1, 0.15) is 35.0 Å². The Balaban J connectivity index is 2.40. The molecule has 1 aromatic rings. The van der Waals surface area contributed by atoms with Gasteiger partial charge < -0.3 is 16.0 Å². The summed E-state index contributed by atoms with van der Waals surface area (Å²) in [6, 6.07) is 2.14. The van der Waals surface area contributed by atoms with Crippen LogP contribution in [0.25, 0.3) is 0 Å². The first-order chi connectivity index (χ1) is 9.08. The number of nitriles is 1. The van der Waals surface area contributed by atoms with E-state index in [1.165, 1.54) is 17.8 Å². The van der Waals surface area contributed by atoms with E-state index in [2.05, 4.69) is 23.2 Å². The van der Waals surface area contributed by atoms with Crippen LogP contribution >= 0.6 is 11.3 Å². The van der Waals surface area contributed by atoms with E-state index < -0.39 is 0 Å². The summed E-state index contributed by atoms with van der Waals surface area (Å²) >= 11 is 1.32. The van der Waals surface area contributed by atoms with Crippen molar-refractivity contribution in [2.45, 2.75) is 19.8 Å². The summed E-state index contributed by atoms with van der Waals surface area (Å²) < 4.78 is 0. The minimum absolute atomic E-state index is 0.227. The summed E-state index contributed by atoms with van der Waals surface area (Å²) in [7, 11) is 1.57. The third-order valence-corrected chi connectivity index (χ3v) is 4.68. The number of hydrogen-bond acceptors (Lipinski definition) is 5. The van der Waals surface area contributed by atoms with E-state index in [1.807, 2.05) is 0 Å². The fraction of sp³-hybridized carbons (Fsp3) is 0.538. The molecule has 1 aliphatic rings. The number of amides is 1. The summed E-state index contributed by atoms with van der Waals surface area (Å²) in [5, 5.41) is 12.7. The molecule has 2 heterocycles. The number of anilines is 2. The quantitative estimate of drug-likeness (QED) is 0.864. The molecule has 19 heavy (non-hydrogen) atoms. The highest BCUT2D eigenvalue weighted by molar-refractivity contribution is 7.19. The zero-order chi connectivity index (χ0) is 14.0. The van der Waals surface area contributed by atoms with Crippen molar-refractivity contribution in [2.75, 3.05) is 30.8 Å². The summed E-state index contributed by atoms with van der Waals surface area (Å²) in [5.41, 5.74) is 6.68. The highest BCUT2D eigenvalue weighted by atomic mass is 32.1. The van der Waals surface area contributed by atoms with E-state index >= 15 is 0 Å². The lowest BCUT2D eigenvalue weighted by atomic mass is 10.0. The van der Waals surface area contributed by atoms with E-state index in [-0.39, 0.29) is 5.91 Å². The van der Waals surface area contributed by atoms with Crippen LogP contribution in [-0.4, -0.2) is 26.0 Å². The second-order valence-corrected chi connectivity index (χ2v) is 5.91. The van der Waals surface area contributed by atoms with Crippen LogP contribution in [0, 0.1) is 17.2 Å². The maximum atomic E-state index is 11.8. The molecule has 1 fully saturated rings. The number of rotatable bonds is 2. The molecule has 0 spiro atoms. The number of carbonyl (C=O) groups is 1. The minimum Gasteiger partial charge on any atom is -0.396 e. The van der Waals surface area contributed by atoms with E-state index in [9.17, 15) is 10.1 Å². The van der Waals surface area contributed by atoms with Crippen molar-refractivity contribution in [3.63, 3.8) is 0 Å². The molecule has 6 heteroatoms. The number of piperidine rings is 1. The lowest BCUT2D eigenvalue weighted by Gasteiger charge is -2.31.